The summed E-state index contributed by atoms with van der Waals surface area (Å²) in [5.74, 6) is -0.502. The fraction of sp³-hybridized carbons (Fsp3) is 0.250. The molecule has 3 amide bonds. The van der Waals surface area contributed by atoms with Gasteiger partial charge in [0.05, 0.1) is 12.2 Å². The molecule has 3 rings (SSSR count). The predicted octanol–water partition coefficient (Wildman–Crippen LogP) is 6.12. The molecule has 0 spiro atoms. The van der Waals surface area contributed by atoms with Gasteiger partial charge in [0, 0.05) is 21.9 Å². The van der Waals surface area contributed by atoms with Gasteiger partial charge in [-0.2, -0.15) is 0 Å². The molecule has 1 heterocycles. The first-order chi connectivity index (χ1) is 15.3. The van der Waals surface area contributed by atoms with Gasteiger partial charge in [0.15, 0.2) is 0 Å². The highest BCUT2D eigenvalue weighted by Gasteiger charge is 2.24. The Morgan fingerprint density at radius 3 is 2.38 bits per heavy atom. The minimum Gasteiger partial charge on any atom is -0.332 e. The average Bonchev–Trinajstić information content (AvgIpc) is 3.27. The number of hydrogen-bond donors (Lipinski definition) is 1. The second kappa shape index (κ2) is 11.2. The number of urea groups is 1. The zero-order valence-corrected chi connectivity index (χ0v) is 20.3. The van der Waals surface area contributed by atoms with E-state index in [0.717, 1.165) is 14.9 Å². The van der Waals surface area contributed by atoms with E-state index in [1.165, 1.54) is 17.0 Å². The standard InChI is InChI=1S/C24H25BrFN3O2S/c1-17(2)29(24(31)27-22-8-4-3-7-21(22)25)16-23(30)28(15-20-6-5-13-32-20)14-18-9-11-19(26)12-10-18/h3-13,17H,14-16H2,1-2H3,(H,27,31). The van der Waals surface area contributed by atoms with Crippen LogP contribution in [0.15, 0.2) is 70.5 Å². The number of para-hydroxylation sites is 1. The van der Waals surface area contributed by atoms with Gasteiger partial charge in [-0.05, 0) is 71.1 Å². The molecule has 168 valence electrons. The van der Waals surface area contributed by atoms with Gasteiger partial charge in [-0.15, -0.1) is 11.3 Å². The Bertz CT molecular complexity index is 1040. The number of carbonyl (C=O) groups excluding carboxylic acids is 2. The van der Waals surface area contributed by atoms with Crippen molar-refractivity contribution < 1.29 is 14.0 Å². The molecule has 8 heteroatoms. The maximum absolute atomic E-state index is 13.3. The molecule has 0 aliphatic rings. The van der Waals surface area contributed by atoms with Gasteiger partial charge in [0.25, 0.3) is 0 Å². The number of anilines is 1. The average molecular weight is 518 g/mol. The quantitative estimate of drug-likeness (QED) is 0.391. The highest BCUT2D eigenvalue weighted by atomic mass is 79.9. The van der Waals surface area contributed by atoms with E-state index in [2.05, 4.69) is 21.2 Å². The summed E-state index contributed by atoms with van der Waals surface area (Å²) in [5.41, 5.74) is 1.46. The summed E-state index contributed by atoms with van der Waals surface area (Å²) >= 11 is 4.99. The molecule has 0 atom stereocenters. The van der Waals surface area contributed by atoms with E-state index < -0.39 is 0 Å². The van der Waals surface area contributed by atoms with E-state index in [0.29, 0.717) is 18.8 Å². The van der Waals surface area contributed by atoms with Gasteiger partial charge in [-0.3, -0.25) is 4.79 Å². The van der Waals surface area contributed by atoms with Crippen molar-refractivity contribution in [3.05, 3.63) is 86.8 Å². The predicted molar refractivity (Wildman–Crippen MR) is 130 cm³/mol. The number of carbonyl (C=O) groups is 2. The van der Waals surface area contributed by atoms with Crippen molar-refractivity contribution >= 4 is 44.9 Å². The lowest BCUT2D eigenvalue weighted by atomic mass is 10.2. The number of nitrogens with one attached hydrogen (secondary N) is 1. The van der Waals surface area contributed by atoms with Crippen LogP contribution in [-0.2, 0) is 17.9 Å². The van der Waals surface area contributed by atoms with E-state index in [9.17, 15) is 14.0 Å². The molecule has 3 aromatic rings. The van der Waals surface area contributed by atoms with Crippen molar-refractivity contribution in [2.24, 2.45) is 0 Å². The lowest BCUT2D eigenvalue weighted by Gasteiger charge is -2.30. The van der Waals surface area contributed by atoms with Crippen LogP contribution in [0.1, 0.15) is 24.3 Å². The van der Waals surface area contributed by atoms with Gasteiger partial charge in [-0.25, -0.2) is 9.18 Å². The third-order valence-electron chi connectivity index (χ3n) is 4.87. The van der Waals surface area contributed by atoms with Crippen molar-refractivity contribution in [2.45, 2.75) is 33.0 Å². The number of thiophene rings is 1. The van der Waals surface area contributed by atoms with E-state index in [-0.39, 0.29) is 30.3 Å². The molecule has 0 saturated carbocycles. The molecule has 2 aromatic carbocycles. The van der Waals surface area contributed by atoms with Crippen LogP contribution >= 0.6 is 27.3 Å². The minimum atomic E-state index is -0.349. The van der Waals surface area contributed by atoms with Crippen LogP contribution in [0, 0.1) is 5.82 Å². The van der Waals surface area contributed by atoms with Crippen LogP contribution < -0.4 is 5.32 Å². The van der Waals surface area contributed by atoms with Gasteiger partial charge in [0.1, 0.15) is 12.4 Å². The smallest absolute Gasteiger partial charge is 0.322 e. The second-order valence-electron chi connectivity index (χ2n) is 7.59. The Morgan fingerprint density at radius 2 is 1.75 bits per heavy atom. The zero-order chi connectivity index (χ0) is 23.1. The maximum atomic E-state index is 13.3. The molecule has 0 saturated heterocycles. The first kappa shape index (κ1) is 23.9. The number of hydrogen-bond acceptors (Lipinski definition) is 3. The Balaban J connectivity index is 1.75. The highest BCUT2D eigenvalue weighted by Crippen LogP contribution is 2.22. The highest BCUT2D eigenvalue weighted by molar-refractivity contribution is 9.10. The van der Waals surface area contributed by atoms with E-state index in [1.807, 2.05) is 49.6 Å². The monoisotopic (exact) mass is 517 g/mol. The van der Waals surface area contributed by atoms with E-state index in [4.69, 9.17) is 0 Å². The summed E-state index contributed by atoms with van der Waals surface area (Å²) in [4.78, 5) is 30.5. The molecule has 0 unspecified atom stereocenters. The number of halogens is 2. The molecule has 1 aromatic heterocycles. The van der Waals surface area contributed by atoms with Gasteiger partial charge < -0.3 is 15.1 Å². The molecular formula is C24H25BrFN3O2S. The fourth-order valence-corrected chi connectivity index (χ4v) is 4.22. The summed E-state index contributed by atoms with van der Waals surface area (Å²) in [6.07, 6.45) is 0. The van der Waals surface area contributed by atoms with Crippen LogP contribution in [0.5, 0.6) is 0 Å². The number of rotatable bonds is 8. The number of benzene rings is 2. The van der Waals surface area contributed by atoms with Crippen LogP contribution in [0.3, 0.4) is 0 Å². The number of amides is 3. The molecule has 0 radical (unpaired) electrons. The van der Waals surface area contributed by atoms with Crippen molar-refractivity contribution in [1.82, 2.24) is 9.80 Å². The molecule has 0 aliphatic carbocycles. The lowest BCUT2D eigenvalue weighted by Crippen LogP contribution is -2.47. The first-order valence-corrected chi connectivity index (χ1v) is 11.9. The summed E-state index contributed by atoms with van der Waals surface area (Å²) in [7, 11) is 0. The molecule has 5 nitrogen and oxygen atoms in total. The normalized spacial score (nSPS) is 10.8. The largest absolute Gasteiger partial charge is 0.332 e. The van der Waals surface area contributed by atoms with Gasteiger partial charge in [0.2, 0.25) is 5.91 Å². The Labute approximate surface area is 200 Å². The van der Waals surface area contributed by atoms with Crippen LogP contribution in [0.4, 0.5) is 14.9 Å². The molecule has 0 fully saturated rings. The third-order valence-corrected chi connectivity index (χ3v) is 6.42. The maximum Gasteiger partial charge on any atom is 0.322 e. The molecule has 32 heavy (non-hydrogen) atoms. The van der Waals surface area contributed by atoms with Crippen LogP contribution in [0.25, 0.3) is 0 Å². The SMILES string of the molecule is CC(C)N(CC(=O)N(Cc1ccc(F)cc1)Cc1cccs1)C(=O)Nc1ccccc1Br. The summed E-state index contributed by atoms with van der Waals surface area (Å²) in [6, 6.07) is 16.8. The zero-order valence-electron chi connectivity index (χ0n) is 17.9. The van der Waals surface area contributed by atoms with Crippen molar-refractivity contribution in [2.75, 3.05) is 11.9 Å². The first-order valence-electron chi connectivity index (χ1n) is 10.2. The minimum absolute atomic E-state index is 0.0689. The van der Waals surface area contributed by atoms with E-state index in [1.54, 1.807) is 34.4 Å². The number of nitrogens with zero attached hydrogens (tertiary/aromatic N) is 2. The topological polar surface area (TPSA) is 52.7 Å². The Kier molecular flexibility index (Phi) is 8.41. The van der Waals surface area contributed by atoms with E-state index >= 15 is 0 Å². The van der Waals surface area contributed by atoms with Crippen LogP contribution in [0.2, 0.25) is 0 Å². The van der Waals surface area contributed by atoms with Crippen molar-refractivity contribution in [3.63, 3.8) is 0 Å². The molecule has 0 bridgehead atoms. The summed E-state index contributed by atoms with van der Waals surface area (Å²) in [6.45, 7) is 4.42. The van der Waals surface area contributed by atoms with Gasteiger partial charge >= 0.3 is 6.03 Å². The summed E-state index contributed by atoms with van der Waals surface area (Å²) < 4.78 is 14.1. The lowest BCUT2D eigenvalue weighted by molar-refractivity contribution is -0.133. The molecular weight excluding hydrogens is 493 g/mol. The molecule has 1 N–H and O–H groups in total. The Morgan fingerprint density at radius 1 is 1.03 bits per heavy atom. The third kappa shape index (κ3) is 6.64. The fourth-order valence-electron chi connectivity index (χ4n) is 3.12. The molecule has 0 aliphatic heterocycles. The van der Waals surface area contributed by atoms with Crippen molar-refractivity contribution in [1.29, 1.82) is 0 Å². The Hall–Kier alpha value is -2.71. The summed E-state index contributed by atoms with van der Waals surface area (Å²) in [5, 5.41) is 4.83. The van der Waals surface area contributed by atoms with Gasteiger partial charge in [-0.1, -0.05) is 30.3 Å². The van der Waals surface area contributed by atoms with Crippen LogP contribution in [-0.4, -0.2) is 34.3 Å². The van der Waals surface area contributed by atoms with Crippen molar-refractivity contribution in [3.8, 4) is 0 Å². The second-order valence-corrected chi connectivity index (χ2v) is 9.47.